The molecule has 0 saturated carbocycles. The first-order valence-corrected chi connectivity index (χ1v) is 13.7. The fraction of sp³-hybridized carbons (Fsp3) is 0.182. The predicted octanol–water partition coefficient (Wildman–Crippen LogP) is 6.85. The molecule has 3 aromatic heterocycles. The third kappa shape index (κ3) is 5.04. The molecule has 0 unspecified atom stereocenters. The van der Waals surface area contributed by atoms with Gasteiger partial charge in [0.25, 0.3) is 0 Å². The minimum Gasteiger partial charge on any atom is -0.422 e. The second-order valence-electron chi connectivity index (χ2n) is 10.1. The Hall–Kier alpha value is -4.98. The number of aromatic nitrogens is 3. The van der Waals surface area contributed by atoms with Gasteiger partial charge in [0.2, 0.25) is 11.2 Å². The van der Waals surface area contributed by atoms with E-state index < -0.39 is 5.63 Å². The molecule has 2 N–H and O–H groups in total. The highest BCUT2D eigenvalue weighted by atomic mass is 19.1. The van der Waals surface area contributed by atoms with Crippen LogP contribution >= 0.6 is 0 Å². The molecule has 0 saturated heterocycles. The van der Waals surface area contributed by atoms with Crippen LogP contribution in [0.2, 0.25) is 0 Å². The van der Waals surface area contributed by atoms with Crippen LogP contribution in [-0.2, 0) is 7.05 Å². The summed E-state index contributed by atoms with van der Waals surface area (Å²) in [6, 6.07) is 20.6. The van der Waals surface area contributed by atoms with Gasteiger partial charge in [0.15, 0.2) is 0 Å². The van der Waals surface area contributed by atoms with Gasteiger partial charge in [0, 0.05) is 59.5 Å². The lowest BCUT2D eigenvalue weighted by molar-refractivity contribution is -0.646. The van der Waals surface area contributed by atoms with Crippen LogP contribution in [0.15, 0.2) is 75.9 Å². The Bertz CT molecular complexity index is 2020. The van der Waals surface area contributed by atoms with Crippen molar-refractivity contribution in [2.24, 2.45) is 7.05 Å². The van der Waals surface area contributed by atoms with Crippen molar-refractivity contribution in [1.29, 1.82) is 0 Å². The van der Waals surface area contributed by atoms with E-state index in [4.69, 9.17) is 4.42 Å². The van der Waals surface area contributed by atoms with Crippen molar-refractivity contribution in [3.05, 3.63) is 100 Å². The third-order valence-electron chi connectivity index (χ3n) is 7.49. The molecule has 0 spiro atoms. The zero-order chi connectivity index (χ0) is 28.7. The minimum atomic E-state index is -0.396. The molecule has 41 heavy (non-hydrogen) atoms. The lowest BCUT2D eigenvalue weighted by atomic mass is 10.1. The normalized spacial score (nSPS) is 11.7. The number of fused-ring (bicyclic) bond motifs is 3. The van der Waals surface area contributed by atoms with Crippen LogP contribution in [0.5, 0.6) is 0 Å². The van der Waals surface area contributed by atoms with Crippen molar-refractivity contribution in [3.63, 3.8) is 0 Å². The number of hydrogen-bond acceptors (Lipinski definition) is 5. The molecule has 8 heteroatoms. The van der Waals surface area contributed by atoms with Gasteiger partial charge in [0.05, 0.1) is 22.3 Å². The maximum absolute atomic E-state index is 15.1. The standard InChI is InChI=1S/C33H30FN5O2/c1-5-39(6-2)26-13-8-22-15-23(33(40)41-32(22)18-26)9-12-25-11-7-21-16-27(34)29(19-31(21)38(25)4)37-24-10-14-28-30(17-24)36-20(3)35-28/h7-19H,5-6H2,1-4H3,(H,35,36)/p+1/b12-9+. The van der Waals surface area contributed by atoms with Gasteiger partial charge in [-0.1, -0.05) is 0 Å². The van der Waals surface area contributed by atoms with Gasteiger partial charge < -0.3 is 19.6 Å². The van der Waals surface area contributed by atoms with Crippen LogP contribution in [0.4, 0.5) is 21.5 Å². The van der Waals surface area contributed by atoms with E-state index in [0.717, 1.165) is 63.3 Å². The highest BCUT2D eigenvalue weighted by Gasteiger charge is 2.15. The summed E-state index contributed by atoms with van der Waals surface area (Å²) < 4.78 is 22.7. The Kier molecular flexibility index (Phi) is 6.75. The number of imidazole rings is 1. The van der Waals surface area contributed by atoms with Crippen molar-refractivity contribution < 1.29 is 13.4 Å². The number of aryl methyl sites for hydroxylation is 2. The third-order valence-corrected chi connectivity index (χ3v) is 7.49. The zero-order valence-electron chi connectivity index (χ0n) is 23.5. The Morgan fingerprint density at radius 3 is 2.61 bits per heavy atom. The monoisotopic (exact) mass is 548 g/mol. The number of hydrogen-bond donors (Lipinski definition) is 2. The number of H-pyrrole nitrogens is 1. The van der Waals surface area contributed by atoms with E-state index in [9.17, 15) is 4.79 Å². The van der Waals surface area contributed by atoms with Crippen LogP contribution in [-0.4, -0.2) is 23.1 Å². The fourth-order valence-electron chi connectivity index (χ4n) is 5.25. The van der Waals surface area contributed by atoms with Crippen LogP contribution in [0.3, 0.4) is 0 Å². The van der Waals surface area contributed by atoms with Gasteiger partial charge in [-0.15, -0.1) is 0 Å². The summed E-state index contributed by atoms with van der Waals surface area (Å²) in [6.07, 6.45) is 3.63. The first kappa shape index (κ1) is 26.3. The van der Waals surface area contributed by atoms with E-state index in [2.05, 4.69) is 34.0 Å². The smallest absolute Gasteiger partial charge is 0.343 e. The molecule has 0 aliphatic carbocycles. The number of pyridine rings is 1. The van der Waals surface area contributed by atoms with E-state index in [1.807, 2.05) is 79.2 Å². The lowest BCUT2D eigenvalue weighted by Gasteiger charge is -2.20. The molecule has 0 amide bonds. The van der Waals surface area contributed by atoms with E-state index >= 15 is 4.39 Å². The molecule has 7 nitrogen and oxygen atoms in total. The molecule has 6 rings (SSSR count). The molecular weight excluding hydrogens is 517 g/mol. The topological polar surface area (TPSA) is 78.0 Å². The maximum Gasteiger partial charge on any atom is 0.343 e. The first-order valence-electron chi connectivity index (χ1n) is 13.7. The predicted molar refractivity (Wildman–Crippen MR) is 164 cm³/mol. The maximum atomic E-state index is 15.1. The van der Waals surface area contributed by atoms with Crippen LogP contribution < -0.4 is 20.4 Å². The fourth-order valence-corrected chi connectivity index (χ4v) is 5.25. The minimum absolute atomic E-state index is 0.348. The number of aromatic amines is 1. The summed E-state index contributed by atoms with van der Waals surface area (Å²) >= 11 is 0. The van der Waals surface area contributed by atoms with Gasteiger partial charge >= 0.3 is 5.63 Å². The number of nitrogens with zero attached hydrogens (tertiary/aromatic N) is 3. The SMILES string of the molecule is CCN(CC)c1ccc2cc(/C=C/c3ccc4cc(F)c(Nc5ccc6nc(C)[nH]c6c5)cc4[n+]3C)c(=O)oc2c1. The second-order valence-corrected chi connectivity index (χ2v) is 10.1. The van der Waals surface area contributed by atoms with Crippen LogP contribution in [0, 0.1) is 12.7 Å². The number of anilines is 3. The van der Waals surface area contributed by atoms with E-state index in [1.54, 1.807) is 12.1 Å². The molecule has 0 aliphatic heterocycles. The molecule has 3 heterocycles. The highest BCUT2D eigenvalue weighted by molar-refractivity contribution is 5.86. The molecule has 0 radical (unpaired) electrons. The van der Waals surface area contributed by atoms with Crippen LogP contribution in [0.1, 0.15) is 30.9 Å². The van der Waals surface area contributed by atoms with Gasteiger partial charge in [0.1, 0.15) is 24.3 Å². The molecule has 3 aromatic carbocycles. The molecule has 0 aliphatic rings. The van der Waals surface area contributed by atoms with Crippen molar-refractivity contribution in [2.45, 2.75) is 20.8 Å². The number of rotatable bonds is 7. The van der Waals surface area contributed by atoms with Gasteiger partial charge in [-0.05, 0) is 75.4 Å². The number of nitrogens with one attached hydrogen (secondary N) is 2. The molecular formula is C33H31FN5O2+. The average molecular weight is 549 g/mol. The van der Waals surface area contributed by atoms with E-state index in [-0.39, 0.29) is 5.82 Å². The summed E-state index contributed by atoms with van der Waals surface area (Å²) in [5, 5.41) is 4.83. The summed E-state index contributed by atoms with van der Waals surface area (Å²) in [5.74, 6) is 0.479. The summed E-state index contributed by atoms with van der Waals surface area (Å²) in [7, 11) is 1.92. The Labute approximate surface area is 236 Å². The Balaban J connectivity index is 1.31. The van der Waals surface area contributed by atoms with E-state index in [1.165, 1.54) is 6.07 Å². The van der Waals surface area contributed by atoms with Crippen molar-refractivity contribution in [3.8, 4) is 0 Å². The van der Waals surface area contributed by atoms with Crippen molar-refractivity contribution in [2.75, 3.05) is 23.3 Å². The number of halogens is 1. The van der Waals surface area contributed by atoms with Gasteiger partial charge in [-0.2, -0.15) is 4.57 Å². The summed E-state index contributed by atoms with van der Waals surface area (Å²) in [5.41, 5.74) is 6.20. The summed E-state index contributed by atoms with van der Waals surface area (Å²) in [6.45, 7) is 7.85. The largest absolute Gasteiger partial charge is 0.422 e. The molecule has 6 aromatic rings. The highest BCUT2D eigenvalue weighted by Crippen LogP contribution is 2.27. The second kappa shape index (κ2) is 10.5. The van der Waals surface area contributed by atoms with Crippen LogP contribution in [0.25, 0.3) is 45.1 Å². The molecule has 206 valence electrons. The molecule has 0 fully saturated rings. The number of benzene rings is 3. The average Bonchev–Trinajstić information content (AvgIpc) is 3.33. The van der Waals surface area contributed by atoms with Gasteiger partial charge in [-0.25, -0.2) is 14.2 Å². The molecule has 0 bridgehead atoms. The van der Waals surface area contributed by atoms with Gasteiger partial charge in [-0.3, -0.25) is 0 Å². The lowest BCUT2D eigenvalue weighted by Crippen LogP contribution is -2.32. The zero-order valence-corrected chi connectivity index (χ0v) is 23.5. The van der Waals surface area contributed by atoms with Crippen molar-refractivity contribution in [1.82, 2.24) is 9.97 Å². The quantitative estimate of drug-likeness (QED) is 0.168. The Morgan fingerprint density at radius 1 is 1.00 bits per heavy atom. The summed E-state index contributed by atoms with van der Waals surface area (Å²) in [4.78, 5) is 22.7. The van der Waals surface area contributed by atoms with E-state index in [0.29, 0.717) is 16.8 Å². The molecule has 0 atom stereocenters. The first-order chi connectivity index (χ1) is 19.8. The van der Waals surface area contributed by atoms with Crippen molar-refractivity contribution >= 4 is 62.1 Å². The Morgan fingerprint density at radius 2 is 1.80 bits per heavy atom.